The third-order valence-electron chi connectivity index (χ3n) is 4.15. The van der Waals surface area contributed by atoms with E-state index < -0.39 is 6.10 Å². The van der Waals surface area contributed by atoms with E-state index in [4.69, 9.17) is 0 Å². The van der Waals surface area contributed by atoms with Crippen LogP contribution in [-0.4, -0.2) is 33.5 Å². The van der Waals surface area contributed by atoms with Gasteiger partial charge < -0.3 is 15.0 Å². The van der Waals surface area contributed by atoms with Gasteiger partial charge in [-0.2, -0.15) is 0 Å². The average Bonchev–Trinajstić information content (AvgIpc) is 3.19. The van der Waals surface area contributed by atoms with E-state index in [9.17, 15) is 9.90 Å². The van der Waals surface area contributed by atoms with E-state index in [1.54, 1.807) is 12.3 Å². The van der Waals surface area contributed by atoms with Crippen LogP contribution in [0.5, 0.6) is 0 Å². The third-order valence-corrected chi connectivity index (χ3v) is 4.15. The fraction of sp³-hybridized carbons (Fsp3) is 0.353. The van der Waals surface area contributed by atoms with Crippen LogP contribution in [0.25, 0.3) is 0 Å². The van der Waals surface area contributed by atoms with Crippen LogP contribution in [0.1, 0.15) is 41.4 Å². The predicted octanol–water partition coefficient (Wildman–Crippen LogP) is 2.74. The first-order valence-electron chi connectivity index (χ1n) is 7.43. The molecule has 21 heavy (non-hydrogen) atoms. The monoisotopic (exact) mass is 284 g/mol. The van der Waals surface area contributed by atoms with Crippen molar-refractivity contribution in [3.63, 3.8) is 0 Å². The molecular formula is C17H20N2O2. The molecule has 0 spiro atoms. The largest absolute Gasteiger partial charge is 0.388 e. The number of hydrogen-bond donors (Lipinski definition) is 2. The highest BCUT2D eigenvalue weighted by Crippen LogP contribution is 2.28. The number of nitrogens with one attached hydrogen (secondary N) is 1. The van der Waals surface area contributed by atoms with Crippen molar-refractivity contribution in [3.05, 3.63) is 59.9 Å². The Kier molecular flexibility index (Phi) is 4.06. The van der Waals surface area contributed by atoms with Crippen molar-refractivity contribution in [3.8, 4) is 0 Å². The smallest absolute Gasteiger partial charge is 0.270 e. The van der Waals surface area contributed by atoms with Crippen LogP contribution in [0, 0.1) is 0 Å². The normalized spacial score (nSPS) is 19.7. The molecule has 1 saturated heterocycles. The van der Waals surface area contributed by atoms with Gasteiger partial charge in [0.25, 0.3) is 5.91 Å². The molecule has 110 valence electrons. The van der Waals surface area contributed by atoms with Crippen molar-refractivity contribution in [1.29, 1.82) is 0 Å². The molecule has 2 N–H and O–H groups in total. The summed E-state index contributed by atoms with van der Waals surface area (Å²) >= 11 is 0. The summed E-state index contributed by atoms with van der Waals surface area (Å²) in [7, 11) is 0. The fourth-order valence-corrected chi connectivity index (χ4v) is 3.04. The Morgan fingerprint density at radius 2 is 2.10 bits per heavy atom. The quantitative estimate of drug-likeness (QED) is 0.907. The van der Waals surface area contributed by atoms with Gasteiger partial charge in [-0.25, -0.2) is 0 Å². The highest BCUT2D eigenvalue weighted by molar-refractivity contribution is 5.92. The average molecular weight is 284 g/mol. The van der Waals surface area contributed by atoms with Crippen molar-refractivity contribution in [2.45, 2.75) is 31.4 Å². The lowest BCUT2D eigenvalue weighted by atomic mass is 10.0. The zero-order valence-corrected chi connectivity index (χ0v) is 11.9. The molecule has 1 aromatic carbocycles. The van der Waals surface area contributed by atoms with E-state index in [0.29, 0.717) is 12.1 Å². The van der Waals surface area contributed by atoms with Gasteiger partial charge in [-0.3, -0.25) is 4.79 Å². The number of rotatable bonds is 4. The van der Waals surface area contributed by atoms with Gasteiger partial charge in [0.15, 0.2) is 0 Å². The van der Waals surface area contributed by atoms with Crippen LogP contribution < -0.4 is 0 Å². The maximum Gasteiger partial charge on any atom is 0.270 e. The molecule has 2 unspecified atom stereocenters. The lowest BCUT2D eigenvalue weighted by molar-refractivity contribution is 0.0662. The molecular weight excluding hydrogens is 264 g/mol. The summed E-state index contributed by atoms with van der Waals surface area (Å²) in [6.45, 7) is 0.768. The SMILES string of the molecule is O=C(c1ccc[nH]1)N1CCCC1CC(O)c1ccccc1. The fourth-order valence-electron chi connectivity index (χ4n) is 3.04. The molecule has 4 heteroatoms. The summed E-state index contributed by atoms with van der Waals surface area (Å²) in [5.41, 5.74) is 1.53. The molecule has 2 atom stereocenters. The second-order valence-corrected chi connectivity index (χ2v) is 5.54. The molecule has 2 aromatic rings. The minimum Gasteiger partial charge on any atom is -0.388 e. The second kappa shape index (κ2) is 6.14. The Morgan fingerprint density at radius 1 is 1.29 bits per heavy atom. The number of aliphatic hydroxyl groups excluding tert-OH is 1. The summed E-state index contributed by atoms with van der Waals surface area (Å²) in [5.74, 6) is 0.0303. The number of aromatic amines is 1. The Balaban J connectivity index is 1.68. The van der Waals surface area contributed by atoms with Gasteiger partial charge in [0.05, 0.1) is 6.10 Å². The Bertz CT molecular complexity index is 580. The van der Waals surface area contributed by atoms with Crippen LogP contribution in [0.2, 0.25) is 0 Å². The number of carbonyl (C=O) groups excluding carboxylic acids is 1. The zero-order valence-electron chi connectivity index (χ0n) is 11.9. The second-order valence-electron chi connectivity index (χ2n) is 5.54. The van der Waals surface area contributed by atoms with Gasteiger partial charge in [-0.15, -0.1) is 0 Å². The van der Waals surface area contributed by atoms with Gasteiger partial charge >= 0.3 is 0 Å². The van der Waals surface area contributed by atoms with Gasteiger partial charge in [-0.05, 0) is 37.0 Å². The molecule has 2 heterocycles. The van der Waals surface area contributed by atoms with Gasteiger partial charge in [-0.1, -0.05) is 30.3 Å². The number of aliphatic hydroxyl groups is 1. The lowest BCUT2D eigenvalue weighted by Gasteiger charge is -2.26. The van der Waals surface area contributed by atoms with Gasteiger partial charge in [0.1, 0.15) is 5.69 Å². The van der Waals surface area contributed by atoms with E-state index in [0.717, 1.165) is 24.9 Å². The van der Waals surface area contributed by atoms with E-state index in [2.05, 4.69) is 4.98 Å². The van der Waals surface area contributed by atoms with Gasteiger partial charge in [0, 0.05) is 18.8 Å². The molecule has 0 bridgehead atoms. The molecule has 4 nitrogen and oxygen atoms in total. The minimum absolute atomic E-state index is 0.0303. The van der Waals surface area contributed by atoms with E-state index in [-0.39, 0.29) is 11.9 Å². The first-order chi connectivity index (χ1) is 10.3. The van der Waals surface area contributed by atoms with Crippen LogP contribution in [0.4, 0.5) is 0 Å². The lowest BCUT2D eigenvalue weighted by Crippen LogP contribution is -2.36. The predicted molar refractivity (Wildman–Crippen MR) is 80.9 cm³/mol. The highest BCUT2D eigenvalue weighted by atomic mass is 16.3. The number of likely N-dealkylation sites (tertiary alicyclic amines) is 1. The van der Waals surface area contributed by atoms with E-state index in [1.165, 1.54) is 0 Å². The Labute approximate surface area is 124 Å². The summed E-state index contributed by atoms with van der Waals surface area (Å²) in [4.78, 5) is 17.3. The summed E-state index contributed by atoms with van der Waals surface area (Å²) in [6.07, 6.45) is 3.79. The summed E-state index contributed by atoms with van der Waals surface area (Å²) in [5, 5.41) is 10.4. The van der Waals surface area contributed by atoms with Crippen LogP contribution in [0.15, 0.2) is 48.7 Å². The van der Waals surface area contributed by atoms with E-state index in [1.807, 2.05) is 41.3 Å². The summed E-state index contributed by atoms with van der Waals surface area (Å²) in [6, 6.07) is 13.4. The topological polar surface area (TPSA) is 56.3 Å². The van der Waals surface area contributed by atoms with Crippen LogP contribution in [0.3, 0.4) is 0 Å². The van der Waals surface area contributed by atoms with Crippen molar-refractivity contribution < 1.29 is 9.90 Å². The van der Waals surface area contributed by atoms with Crippen molar-refractivity contribution >= 4 is 5.91 Å². The number of hydrogen-bond acceptors (Lipinski definition) is 2. The maximum absolute atomic E-state index is 12.4. The van der Waals surface area contributed by atoms with Crippen molar-refractivity contribution in [1.82, 2.24) is 9.88 Å². The molecule has 0 aliphatic carbocycles. The standard InChI is InChI=1S/C17H20N2O2/c20-16(13-6-2-1-3-7-13)12-14-8-5-11-19(14)17(21)15-9-4-10-18-15/h1-4,6-7,9-10,14,16,18,20H,5,8,11-12H2. The molecule has 1 amide bonds. The number of amides is 1. The zero-order chi connectivity index (χ0) is 14.7. The first-order valence-corrected chi connectivity index (χ1v) is 7.43. The number of benzene rings is 1. The molecule has 1 aliphatic heterocycles. The molecule has 1 aromatic heterocycles. The van der Waals surface area contributed by atoms with E-state index >= 15 is 0 Å². The van der Waals surface area contributed by atoms with Gasteiger partial charge in [0.2, 0.25) is 0 Å². The Hall–Kier alpha value is -2.07. The third kappa shape index (κ3) is 3.00. The van der Waals surface area contributed by atoms with Crippen molar-refractivity contribution in [2.24, 2.45) is 0 Å². The highest BCUT2D eigenvalue weighted by Gasteiger charge is 2.31. The number of H-pyrrole nitrogens is 1. The maximum atomic E-state index is 12.4. The molecule has 3 rings (SSSR count). The molecule has 1 fully saturated rings. The van der Waals surface area contributed by atoms with Crippen LogP contribution in [-0.2, 0) is 0 Å². The molecule has 1 aliphatic rings. The first kappa shape index (κ1) is 13.9. The number of aromatic nitrogens is 1. The molecule has 0 radical (unpaired) electrons. The van der Waals surface area contributed by atoms with Crippen LogP contribution >= 0.6 is 0 Å². The van der Waals surface area contributed by atoms with Crippen molar-refractivity contribution in [2.75, 3.05) is 6.54 Å². The molecule has 0 saturated carbocycles. The summed E-state index contributed by atoms with van der Waals surface area (Å²) < 4.78 is 0. The Morgan fingerprint density at radius 3 is 2.81 bits per heavy atom. The minimum atomic E-state index is -0.520. The number of nitrogens with zero attached hydrogens (tertiary/aromatic N) is 1. The number of carbonyl (C=O) groups is 1.